The van der Waals surface area contributed by atoms with Gasteiger partial charge in [-0.3, -0.25) is 4.79 Å². The van der Waals surface area contributed by atoms with Gasteiger partial charge in [-0.05, 0) is 43.5 Å². The molecule has 0 bridgehead atoms. The lowest BCUT2D eigenvalue weighted by molar-refractivity contribution is -0.130. The number of carbonyl (C=O) groups excluding carboxylic acids is 2. The second kappa shape index (κ2) is 8.25. The minimum absolute atomic E-state index is 0.0497. The Balaban J connectivity index is 2.46. The Labute approximate surface area is 150 Å². The summed E-state index contributed by atoms with van der Waals surface area (Å²) in [7, 11) is 0. The number of aliphatic hydroxyl groups is 2. The topological polar surface area (TPSA) is 104 Å². The van der Waals surface area contributed by atoms with Crippen molar-refractivity contribution < 1.29 is 34.0 Å². The van der Waals surface area contributed by atoms with Gasteiger partial charge in [0.15, 0.2) is 5.83 Å². The number of ketones is 1. The van der Waals surface area contributed by atoms with Gasteiger partial charge in [0.05, 0.1) is 6.10 Å². The van der Waals surface area contributed by atoms with E-state index in [-0.39, 0.29) is 24.2 Å². The molecule has 0 saturated carbocycles. The molecule has 0 saturated heterocycles. The number of hydrogen-bond acceptors (Lipinski definition) is 6. The number of phenols is 1. The second-order valence-corrected chi connectivity index (χ2v) is 6.27. The van der Waals surface area contributed by atoms with Crippen LogP contribution in [0.1, 0.15) is 41.3 Å². The Hall–Kier alpha value is -2.51. The van der Waals surface area contributed by atoms with Gasteiger partial charge in [-0.2, -0.15) is 0 Å². The third kappa shape index (κ3) is 4.56. The largest absolute Gasteiger partial charge is 0.507 e. The summed E-state index contributed by atoms with van der Waals surface area (Å²) in [5, 5.41) is 29.8. The van der Waals surface area contributed by atoms with E-state index >= 15 is 0 Å². The summed E-state index contributed by atoms with van der Waals surface area (Å²) in [6.07, 6.45) is -0.662. The van der Waals surface area contributed by atoms with Crippen LogP contribution in [-0.2, 0) is 9.53 Å². The quantitative estimate of drug-likeness (QED) is 0.610. The van der Waals surface area contributed by atoms with E-state index < -0.39 is 35.9 Å². The molecule has 1 heterocycles. The lowest BCUT2D eigenvalue weighted by Gasteiger charge is -2.17. The lowest BCUT2D eigenvalue weighted by atomic mass is 10.00. The number of aliphatic hydroxyl groups excluding tert-OH is 2. The van der Waals surface area contributed by atoms with Crippen LogP contribution < -0.4 is 0 Å². The summed E-state index contributed by atoms with van der Waals surface area (Å²) in [6, 6.07) is 3.06. The van der Waals surface area contributed by atoms with Crippen LogP contribution in [0.3, 0.4) is 0 Å². The molecular formula is C19H21FO6. The van der Waals surface area contributed by atoms with Gasteiger partial charge < -0.3 is 20.1 Å². The Morgan fingerprint density at radius 3 is 2.58 bits per heavy atom. The molecular weight excluding hydrogens is 343 g/mol. The second-order valence-electron chi connectivity index (χ2n) is 6.27. The molecule has 2 unspecified atom stereocenters. The molecule has 0 amide bonds. The minimum atomic E-state index is -1.90. The summed E-state index contributed by atoms with van der Waals surface area (Å²) in [5.74, 6) is -3.48. The molecule has 0 aliphatic carbocycles. The summed E-state index contributed by atoms with van der Waals surface area (Å²) in [6.45, 7) is 3.24. The molecule has 2 rings (SSSR count). The van der Waals surface area contributed by atoms with Crippen molar-refractivity contribution in [3.63, 3.8) is 0 Å². The van der Waals surface area contributed by atoms with Crippen molar-refractivity contribution in [2.75, 3.05) is 0 Å². The van der Waals surface area contributed by atoms with Gasteiger partial charge in [0.25, 0.3) is 0 Å². The Morgan fingerprint density at radius 2 is 1.88 bits per heavy atom. The van der Waals surface area contributed by atoms with E-state index in [4.69, 9.17) is 4.74 Å². The smallest absolute Gasteiger partial charge is 0.342 e. The number of ether oxygens (including phenoxy) is 1. The summed E-state index contributed by atoms with van der Waals surface area (Å²) in [5.41, 5.74) is 1.02. The highest BCUT2D eigenvalue weighted by Gasteiger charge is 2.27. The lowest BCUT2D eigenvalue weighted by Crippen LogP contribution is -2.34. The third-order valence-electron chi connectivity index (χ3n) is 3.98. The Morgan fingerprint density at radius 1 is 1.19 bits per heavy atom. The number of esters is 1. The van der Waals surface area contributed by atoms with Gasteiger partial charge in [-0.15, -0.1) is 0 Å². The van der Waals surface area contributed by atoms with Gasteiger partial charge in [-0.25, -0.2) is 9.18 Å². The molecule has 6 nitrogen and oxygen atoms in total. The van der Waals surface area contributed by atoms with E-state index in [2.05, 4.69) is 0 Å². The Bertz CT molecular complexity index is 768. The highest BCUT2D eigenvalue weighted by molar-refractivity contribution is 5.98. The number of aromatic hydroxyl groups is 1. The molecule has 1 aromatic carbocycles. The zero-order valence-electron chi connectivity index (χ0n) is 14.5. The van der Waals surface area contributed by atoms with Crippen LogP contribution >= 0.6 is 0 Å². The number of hydrogen-bond donors (Lipinski definition) is 3. The highest BCUT2D eigenvalue weighted by atomic mass is 19.1. The van der Waals surface area contributed by atoms with Gasteiger partial charge in [0.2, 0.25) is 5.78 Å². The van der Waals surface area contributed by atoms with Crippen LogP contribution in [0, 0.1) is 6.92 Å². The van der Waals surface area contributed by atoms with Crippen molar-refractivity contribution in [1.29, 1.82) is 0 Å². The summed E-state index contributed by atoms with van der Waals surface area (Å²) < 4.78 is 19.0. The molecule has 1 aliphatic rings. The van der Waals surface area contributed by atoms with Gasteiger partial charge >= 0.3 is 5.97 Å². The first kappa shape index (κ1) is 19.8. The van der Waals surface area contributed by atoms with Gasteiger partial charge in [-0.1, -0.05) is 18.2 Å². The van der Waals surface area contributed by atoms with Crippen LogP contribution in [-0.4, -0.2) is 45.4 Å². The highest BCUT2D eigenvalue weighted by Crippen LogP contribution is 2.27. The van der Waals surface area contributed by atoms with Gasteiger partial charge in [0.1, 0.15) is 23.5 Å². The van der Waals surface area contributed by atoms with Crippen LogP contribution in [0.5, 0.6) is 5.75 Å². The van der Waals surface area contributed by atoms with Crippen LogP contribution in [0.25, 0.3) is 6.08 Å². The predicted molar refractivity (Wildman–Crippen MR) is 92.2 cm³/mol. The molecule has 1 aliphatic heterocycles. The molecule has 140 valence electrons. The van der Waals surface area contributed by atoms with Crippen molar-refractivity contribution in [1.82, 2.24) is 0 Å². The van der Waals surface area contributed by atoms with Crippen molar-refractivity contribution in [3.8, 4) is 5.75 Å². The molecule has 26 heavy (non-hydrogen) atoms. The van der Waals surface area contributed by atoms with E-state index in [9.17, 15) is 29.3 Å². The number of fused-ring (bicyclic) bond motifs is 1. The maximum atomic E-state index is 13.8. The fourth-order valence-corrected chi connectivity index (χ4v) is 2.59. The first-order valence-electron chi connectivity index (χ1n) is 8.17. The average Bonchev–Trinajstić information content (AvgIpc) is 2.56. The number of benzene rings is 1. The van der Waals surface area contributed by atoms with E-state index in [1.165, 1.54) is 25.1 Å². The summed E-state index contributed by atoms with van der Waals surface area (Å²) in [4.78, 5) is 24.2. The average molecular weight is 364 g/mol. The SMILES string of the molecule is Cc1cc(O)c2c(c1)/C=C/C[C@H](O)C(O)C(=O)/C(F)=C\CC(C)OC2=O. The van der Waals surface area contributed by atoms with Gasteiger partial charge in [0, 0.05) is 6.42 Å². The van der Waals surface area contributed by atoms with Crippen molar-refractivity contribution in [2.24, 2.45) is 0 Å². The molecule has 3 N–H and O–H groups in total. The predicted octanol–water partition coefficient (Wildman–Crippen LogP) is 2.20. The standard InChI is InChI=1S/C19H21FO6/c1-10-8-12-4-3-5-14(21)18(24)17(23)13(20)7-6-11(2)26-19(25)16(12)15(22)9-10/h3-4,7-9,11,14,18,21-22,24H,5-6H2,1-2H3/b4-3+,13-7+/t11?,14-,18?/m0/s1. The molecule has 7 heteroatoms. The fraction of sp³-hybridized carbons (Fsp3) is 0.368. The molecule has 0 spiro atoms. The van der Waals surface area contributed by atoms with Crippen LogP contribution in [0.15, 0.2) is 30.1 Å². The normalized spacial score (nSPS) is 28.3. The molecule has 1 aromatic rings. The maximum absolute atomic E-state index is 13.8. The minimum Gasteiger partial charge on any atom is -0.507 e. The van der Waals surface area contributed by atoms with E-state index in [1.807, 2.05) is 0 Å². The number of halogens is 1. The number of cyclic esters (lactones) is 1. The van der Waals surface area contributed by atoms with E-state index in [0.717, 1.165) is 6.08 Å². The van der Waals surface area contributed by atoms with E-state index in [0.29, 0.717) is 11.1 Å². The summed E-state index contributed by atoms with van der Waals surface area (Å²) >= 11 is 0. The molecule has 0 radical (unpaired) electrons. The number of rotatable bonds is 0. The number of Topliss-reactive ketones (excluding diaryl/α,β-unsaturated/α-hetero) is 1. The Kier molecular flexibility index (Phi) is 6.28. The first-order valence-corrected chi connectivity index (χ1v) is 8.17. The number of carbonyl (C=O) groups is 2. The van der Waals surface area contributed by atoms with Crippen molar-refractivity contribution >= 4 is 17.8 Å². The van der Waals surface area contributed by atoms with Crippen LogP contribution in [0.4, 0.5) is 4.39 Å². The van der Waals surface area contributed by atoms with Crippen LogP contribution in [0.2, 0.25) is 0 Å². The zero-order valence-corrected chi connectivity index (χ0v) is 14.5. The fourth-order valence-electron chi connectivity index (χ4n) is 2.59. The zero-order chi connectivity index (χ0) is 19.4. The third-order valence-corrected chi connectivity index (χ3v) is 3.98. The molecule has 0 aromatic heterocycles. The van der Waals surface area contributed by atoms with Crippen molar-refractivity contribution in [2.45, 2.75) is 45.0 Å². The number of phenolic OH excluding ortho intramolecular Hbond substituents is 1. The number of aryl methyl sites for hydroxylation is 1. The van der Waals surface area contributed by atoms with Crippen molar-refractivity contribution in [3.05, 3.63) is 46.8 Å². The molecule has 3 atom stereocenters. The van der Waals surface area contributed by atoms with E-state index in [1.54, 1.807) is 13.0 Å². The monoisotopic (exact) mass is 364 g/mol. The molecule has 0 fully saturated rings. The maximum Gasteiger partial charge on any atom is 0.342 e. The first-order chi connectivity index (χ1) is 12.2.